The molecule has 1 aliphatic heterocycles. The zero-order valence-electron chi connectivity index (χ0n) is 14.3. The number of pyridine rings is 1. The van der Waals surface area contributed by atoms with Gasteiger partial charge in [-0.1, -0.05) is 19.1 Å². The Labute approximate surface area is 145 Å². The maximum absolute atomic E-state index is 14.4. The number of halogens is 1. The topological polar surface area (TPSA) is 73.4 Å². The van der Waals surface area contributed by atoms with Gasteiger partial charge in [-0.05, 0) is 43.0 Å². The molecular weight excluding hydrogens is 323 g/mol. The van der Waals surface area contributed by atoms with Gasteiger partial charge in [-0.3, -0.25) is 9.59 Å². The number of aromatic amines is 1. The molecule has 3 rings (SSSR count). The van der Waals surface area contributed by atoms with Crippen LogP contribution < -0.4 is 10.5 Å². The third-order valence-corrected chi connectivity index (χ3v) is 4.72. The van der Waals surface area contributed by atoms with Crippen molar-refractivity contribution in [2.24, 2.45) is 5.92 Å². The molecule has 1 aliphatic rings. The number of H-pyrrole nitrogens is 1. The number of carbonyl (C=O) groups excluding carboxylic acids is 1. The minimum absolute atomic E-state index is 0.0116. The molecule has 1 aromatic heterocycles. The van der Waals surface area contributed by atoms with E-state index in [4.69, 9.17) is 0 Å². The third-order valence-electron chi connectivity index (χ3n) is 4.72. The van der Waals surface area contributed by atoms with E-state index in [0.29, 0.717) is 18.4 Å². The lowest BCUT2D eigenvalue weighted by Crippen LogP contribution is -2.43. The van der Waals surface area contributed by atoms with Gasteiger partial charge in [-0.25, -0.2) is 4.39 Å². The van der Waals surface area contributed by atoms with Gasteiger partial charge in [0.15, 0.2) is 0 Å². The first-order chi connectivity index (χ1) is 12.0. The Kier molecular flexibility index (Phi) is 4.72. The fraction of sp³-hybridized carbons (Fsp3) is 0.368. The van der Waals surface area contributed by atoms with E-state index in [-0.39, 0.29) is 30.3 Å². The number of anilines is 1. The molecule has 2 heterocycles. The Morgan fingerprint density at radius 1 is 1.44 bits per heavy atom. The largest absolute Gasteiger partial charge is 0.396 e. The first kappa shape index (κ1) is 17.4. The van der Waals surface area contributed by atoms with Crippen LogP contribution in [-0.4, -0.2) is 29.1 Å². The van der Waals surface area contributed by atoms with Crippen LogP contribution in [0.4, 0.5) is 10.1 Å². The summed E-state index contributed by atoms with van der Waals surface area (Å²) in [5.41, 5.74) is 1.97. The molecule has 5 nitrogen and oxygen atoms in total. The molecule has 1 amide bonds. The van der Waals surface area contributed by atoms with Crippen molar-refractivity contribution in [2.45, 2.75) is 26.7 Å². The quantitative estimate of drug-likeness (QED) is 0.896. The number of amides is 1. The van der Waals surface area contributed by atoms with E-state index in [2.05, 4.69) is 4.98 Å². The Balaban J connectivity index is 2.09. The molecule has 0 saturated heterocycles. The number of hydrogen-bond donors (Lipinski definition) is 2. The number of nitrogens with zero attached hydrogens (tertiary/aromatic N) is 1. The zero-order chi connectivity index (χ0) is 18.1. The Morgan fingerprint density at radius 3 is 2.88 bits per heavy atom. The monoisotopic (exact) mass is 344 g/mol. The number of aliphatic hydroxyl groups is 1. The average Bonchev–Trinajstić information content (AvgIpc) is 2.61. The number of fused-ring (bicyclic) bond motifs is 1. The van der Waals surface area contributed by atoms with Crippen LogP contribution in [0.1, 0.15) is 34.1 Å². The minimum atomic E-state index is -0.545. The second-order valence-electron chi connectivity index (χ2n) is 6.44. The van der Waals surface area contributed by atoms with Crippen LogP contribution in [0.25, 0.3) is 0 Å². The van der Waals surface area contributed by atoms with Crippen LogP contribution in [0.5, 0.6) is 0 Å². The fourth-order valence-electron chi connectivity index (χ4n) is 3.40. The lowest BCUT2D eigenvalue weighted by molar-refractivity contribution is 0.0971. The van der Waals surface area contributed by atoms with Crippen LogP contribution in [0.3, 0.4) is 0 Å². The van der Waals surface area contributed by atoms with Gasteiger partial charge in [0.2, 0.25) is 0 Å². The number of aryl methyl sites for hydroxylation is 2. The number of aliphatic hydroxyl groups excluding tert-OH is 1. The van der Waals surface area contributed by atoms with E-state index in [9.17, 15) is 19.1 Å². The lowest BCUT2D eigenvalue weighted by atomic mass is 9.92. The van der Waals surface area contributed by atoms with Crippen molar-refractivity contribution in [1.82, 2.24) is 4.98 Å². The summed E-state index contributed by atoms with van der Waals surface area (Å²) in [5.74, 6) is -1.23. The van der Waals surface area contributed by atoms with E-state index in [1.54, 1.807) is 18.2 Å². The van der Waals surface area contributed by atoms with E-state index in [0.717, 1.165) is 11.3 Å². The number of rotatable bonds is 3. The number of aromatic nitrogens is 1. The Bertz CT molecular complexity index is 875. The molecule has 6 heteroatoms. The molecule has 25 heavy (non-hydrogen) atoms. The highest BCUT2D eigenvalue weighted by Crippen LogP contribution is 2.33. The molecule has 1 atom stereocenters. The van der Waals surface area contributed by atoms with Crippen molar-refractivity contribution in [2.75, 3.05) is 18.1 Å². The summed E-state index contributed by atoms with van der Waals surface area (Å²) < 4.78 is 14.4. The van der Waals surface area contributed by atoms with Crippen LogP contribution in [-0.2, 0) is 12.8 Å². The van der Waals surface area contributed by atoms with E-state index in [1.165, 1.54) is 11.0 Å². The Morgan fingerprint density at radius 2 is 2.20 bits per heavy atom. The molecule has 0 bridgehead atoms. The summed E-state index contributed by atoms with van der Waals surface area (Å²) in [6.45, 7) is 3.82. The van der Waals surface area contributed by atoms with Crippen molar-refractivity contribution < 1.29 is 14.3 Å². The van der Waals surface area contributed by atoms with Crippen LogP contribution >= 0.6 is 0 Å². The molecule has 0 aliphatic carbocycles. The highest BCUT2D eigenvalue weighted by Gasteiger charge is 2.32. The smallest absolute Gasteiger partial charge is 0.263 e. The first-order valence-electron chi connectivity index (χ1n) is 8.39. The molecule has 1 aromatic carbocycles. The summed E-state index contributed by atoms with van der Waals surface area (Å²) in [7, 11) is 0. The molecule has 0 saturated carbocycles. The highest BCUT2D eigenvalue weighted by atomic mass is 19.1. The molecule has 2 N–H and O–H groups in total. The van der Waals surface area contributed by atoms with Gasteiger partial charge in [-0.2, -0.15) is 0 Å². The maximum Gasteiger partial charge on any atom is 0.263 e. The number of para-hydroxylation sites is 1. The minimum Gasteiger partial charge on any atom is -0.396 e. The molecular formula is C19H21FN2O3. The number of nitrogens with one attached hydrogen (secondary N) is 1. The van der Waals surface area contributed by atoms with Gasteiger partial charge in [0, 0.05) is 24.8 Å². The second kappa shape index (κ2) is 6.80. The lowest BCUT2D eigenvalue weighted by Gasteiger charge is -2.34. The maximum atomic E-state index is 14.4. The van der Waals surface area contributed by atoms with Gasteiger partial charge in [0.1, 0.15) is 11.4 Å². The van der Waals surface area contributed by atoms with Crippen molar-refractivity contribution in [3.05, 3.63) is 62.8 Å². The van der Waals surface area contributed by atoms with Crippen LogP contribution in [0.2, 0.25) is 0 Å². The normalized spacial score (nSPS) is 16.6. The van der Waals surface area contributed by atoms with Crippen LogP contribution in [0.15, 0.2) is 29.1 Å². The van der Waals surface area contributed by atoms with Crippen molar-refractivity contribution in [3.63, 3.8) is 0 Å². The van der Waals surface area contributed by atoms with Crippen LogP contribution in [0, 0.1) is 18.7 Å². The zero-order valence-corrected chi connectivity index (χ0v) is 14.3. The number of benzene rings is 1. The number of carbonyl (C=O) groups is 1. The molecule has 2 aromatic rings. The summed E-state index contributed by atoms with van der Waals surface area (Å²) in [6, 6.07) is 6.19. The van der Waals surface area contributed by atoms with Gasteiger partial charge in [-0.15, -0.1) is 0 Å². The van der Waals surface area contributed by atoms with Crippen molar-refractivity contribution >= 4 is 11.6 Å². The molecule has 1 unspecified atom stereocenters. The summed E-state index contributed by atoms with van der Waals surface area (Å²) in [6.07, 6.45) is 1.15. The summed E-state index contributed by atoms with van der Waals surface area (Å²) in [5, 5.41) is 9.52. The summed E-state index contributed by atoms with van der Waals surface area (Å²) >= 11 is 0. The molecule has 0 radical (unpaired) electrons. The predicted molar refractivity (Wildman–Crippen MR) is 93.5 cm³/mol. The van der Waals surface area contributed by atoms with Crippen molar-refractivity contribution in [3.8, 4) is 0 Å². The molecule has 0 spiro atoms. The van der Waals surface area contributed by atoms with Crippen molar-refractivity contribution in [1.29, 1.82) is 0 Å². The molecule has 132 valence electrons. The second-order valence-corrected chi connectivity index (χ2v) is 6.44. The Hall–Kier alpha value is -2.47. The van der Waals surface area contributed by atoms with E-state index in [1.807, 2.05) is 13.8 Å². The van der Waals surface area contributed by atoms with E-state index < -0.39 is 17.3 Å². The summed E-state index contributed by atoms with van der Waals surface area (Å²) in [4.78, 5) is 29.4. The number of hydrogen-bond acceptors (Lipinski definition) is 3. The highest BCUT2D eigenvalue weighted by molar-refractivity contribution is 6.06. The standard InChI is InChI=1S/C19H21FN2O3/c1-3-16-11(2)7-14(18(24)21-16)19(25)22-9-12(10-23)8-13-5-4-6-15(20)17(13)22/h4-7,12,23H,3,8-10H2,1-2H3,(H,21,24). The fourth-order valence-corrected chi connectivity index (χ4v) is 3.40. The van der Waals surface area contributed by atoms with Gasteiger partial charge < -0.3 is 15.0 Å². The van der Waals surface area contributed by atoms with Gasteiger partial charge in [0.05, 0.1) is 5.69 Å². The van der Waals surface area contributed by atoms with Gasteiger partial charge >= 0.3 is 0 Å². The SMILES string of the molecule is CCc1[nH]c(=O)c(C(=O)N2CC(CO)Cc3cccc(F)c32)cc1C. The predicted octanol–water partition coefficient (Wildman–Crippen LogP) is 2.20. The molecule has 0 fully saturated rings. The third kappa shape index (κ3) is 3.09. The van der Waals surface area contributed by atoms with E-state index >= 15 is 0 Å². The van der Waals surface area contributed by atoms with Gasteiger partial charge in [0.25, 0.3) is 11.5 Å². The average molecular weight is 344 g/mol. The first-order valence-corrected chi connectivity index (χ1v) is 8.39.